The van der Waals surface area contributed by atoms with Gasteiger partial charge in [-0.2, -0.15) is 4.21 Å². The Balaban J connectivity index is 0.00000169. The van der Waals surface area contributed by atoms with Gasteiger partial charge in [-0.15, -0.1) is 12.4 Å². The maximum atomic E-state index is 10.3. The average Bonchev–Trinajstić information content (AvgIpc) is 2.04. The number of hydrogen-bond acceptors (Lipinski definition) is 4. The highest BCUT2D eigenvalue weighted by Crippen LogP contribution is 2.01. The van der Waals surface area contributed by atoms with Crippen LogP contribution >= 0.6 is 12.4 Å². The Bertz CT molecular complexity index is 177. The molecule has 1 N–H and O–H groups in total. The molecular weight excluding hydrogens is 230 g/mol. The van der Waals surface area contributed by atoms with Crippen molar-refractivity contribution in [1.82, 2.24) is 4.90 Å². The zero-order chi connectivity index (χ0) is 9.68. The van der Waals surface area contributed by atoms with Gasteiger partial charge in [0.2, 0.25) is 0 Å². The minimum atomic E-state index is -2.16. The molecule has 1 rings (SSSR count). The van der Waals surface area contributed by atoms with E-state index in [4.69, 9.17) is 13.5 Å². The number of morpholine rings is 1. The lowest BCUT2D eigenvalue weighted by molar-refractivity contribution is 0.0225. The molecule has 7 heteroatoms. The molecule has 0 spiro atoms. The van der Waals surface area contributed by atoms with Crippen LogP contribution in [0.4, 0.5) is 0 Å². The predicted octanol–water partition coefficient (Wildman–Crippen LogP) is 0.282. The molecule has 1 fully saturated rings. The Hall–Kier alpha value is 0.280. The van der Waals surface area contributed by atoms with Gasteiger partial charge >= 0.3 is 11.4 Å². The molecule has 0 aliphatic carbocycles. The zero-order valence-electron chi connectivity index (χ0n) is 8.05. The molecule has 1 saturated heterocycles. The summed E-state index contributed by atoms with van der Waals surface area (Å²) in [5.41, 5.74) is 0. The van der Waals surface area contributed by atoms with Crippen LogP contribution in [0.1, 0.15) is 6.92 Å². The third kappa shape index (κ3) is 5.90. The second-order valence-corrected chi connectivity index (χ2v) is 3.66. The van der Waals surface area contributed by atoms with Gasteiger partial charge in [0.25, 0.3) is 0 Å². The van der Waals surface area contributed by atoms with Crippen LogP contribution in [0.3, 0.4) is 0 Å². The molecule has 1 heterocycles. The molecule has 2 atom stereocenters. The molecule has 1 aliphatic heterocycles. The summed E-state index contributed by atoms with van der Waals surface area (Å²) >= 11 is -2.16. The van der Waals surface area contributed by atoms with Crippen LogP contribution in [0.25, 0.3) is 0 Å². The monoisotopic (exact) mass is 245 g/mol. The van der Waals surface area contributed by atoms with E-state index >= 15 is 0 Å². The minimum Gasteiger partial charge on any atom is -0.379 e. The molecule has 86 valence electrons. The molecule has 0 aromatic heterocycles. The summed E-state index contributed by atoms with van der Waals surface area (Å²) in [6.45, 7) is 5.65. The van der Waals surface area contributed by atoms with Crippen LogP contribution in [0.15, 0.2) is 0 Å². The lowest BCUT2D eigenvalue weighted by atomic mass is 10.3. The van der Waals surface area contributed by atoms with E-state index in [1.165, 1.54) is 0 Å². The van der Waals surface area contributed by atoms with Crippen molar-refractivity contribution in [2.24, 2.45) is 0 Å². The molecule has 5 nitrogen and oxygen atoms in total. The van der Waals surface area contributed by atoms with Crippen molar-refractivity contribution in [1.29, 1.82) is 0 Å². The summed E-state index contributed by atoms with van der Waals surface area (Å²) in [5, 5.41) is 0. The van der Waals surface area contributed by atoms with Gasteiger partial charge in [-0.3, -0.25) is 13.6 Å². The van der Waals surface area contributed by atoms with Crippen LogP contribution in [0.2, 0.25) is 0 Å². The number of halogens is 1. The van der Waals surface area contributed by atoms with E-state index in [2.05, 4.69) is 4.90 Å². The molecule has 0 radical (unpaired) electrons. The van der Waals surface area contributed by atoms with Crippen LogP contribution in [-0.4, -0.2) is 52.6 Å². The fourth-order valence-corrected chi connectivity index (χ4v) is 1.66. The number of rotatable bonds is 4. The van der Waals surface area contributed by atoms with Gasteiger partial charge in [0.15, 0.2) is 0 Å². The predicted molar refractivity (Wildman–Crippen MR) is 55.8 cm³/mol. The smallest absolute Gasteiger partial charge is 0.302 e. The topological polar surface area (TPSA) is 59.0 Å². The van der Waals surface area contributed by atoms with Gasteiger partial charge < -0.3 is 4.74 Å². The van der Waals surface area contributed by atoms with Crippen molar-refractivity contribution in [3.05, 3.63) is 0 Å². The normalized spacial score (nSPS) is 22.4. The highest BCUT2D eigenvalue weighted by atomic mass is 35.5. The fraction of sp³-hybridized carbons (Fsp3) is 1.00. The molecule has 0 saturated carbocycles. The SMILES string of the molecule is CC(CN1CCOCC1)OS(=O)O.Cl. The average molecular weight is 246 g/mol. The minimum absolute atomic E-state index is 0. The molecule has 2 unspecified atom stereocenters. The first-order valence-electron chi connectivity index (χ1n) is 4.26. The summed E-state index contributed by atoms with van der Waals surface area (Å²) in [5.74, 6) is 0. The molecule has 14 heavy (non-hydrogen) atoms. The van der Waals surface area contributed by atoms with Gasteiger partial charge in [0, 0.05) is 19.6 Å². The third-order valence-corrected chi connectivity index (χ3v) is 2.36. The van der Waals surface area contributed by atoms with E-state index in [-0.39, 0.29) is 18.5 Å². The Morgan fingerprint density at radius 2 is 2.14 bits per heavy atom. The van der Waals surface area contributed by atoms with Crippen molar-refractivity contribution in [2.45, 2.75) is 13.0 Å². The van der Waals surface area contributed by atoms with E-state index in [1.54, 1.807) is 6.92 Å². The highest BCUT2D eigenvalue weighted by Gasteiger charge is 2.15. The molecule has 0 aromatic rings. The van der Waals surface area contributed by atoms with E-state index in [1.807, 2.05) is 0 Å². The third-order valence-electron chi connectivity index (χ3n) is 1.87. The molecule has 0 bridgehead atoms. The van der Waals surface area contributed by atoms with E-state index in [9.17, 15) is 4.21 Å². The van der Waals surface area contributed by atoms with Crippen molar-refractivity contribution >= 4 is 23.8 Å². The highest BCUT2D eigenvalue weighted by molar-refractivity contribution is 7.74. The van der Waals surface area contributed by atoms with Crippen LogP contribution < -0.4 is 0 Å². The standard InChI is InChI=1S/C7H15NO4S.ClH/c1-7(12-13(9)10)6-8-2-4-11-5-3-8;/h7H,2-6H2,1H3,(H,9,10);1H. The van der Waals surface area contributed by atoms with Gasteiger partial charge in [0.1, 0.15) is 0 Å². The Kier molecular flexibility index (Phi) is 7.71. The Labute approximate surface area is 92.6 Å². The maximum Gasteiger partial charge on any atom is 0.302 e. The summed E-state index contributed by atoms with van der Waals surface area (Å²) in [7, 11) is 0. The van der Waals surface area contributed by atoms with Gasteiger partial charge in [-0.05, 0) is 6.92 Å². The summed E-state index contributed by atoms with van der Waals surface area (Å²) in [6, 6.07) is 0. The Morgan fingerprint density at radius 1 is 1.57 bits per heavy atom. The molecule has 0 amide bonds. The van der Waals surface area contributed by atoms with Crippen LogP contribution in [-0.2, 0) is 20.3 Å². The first-order valence-corrected chi connectivity index (χ1v) is 5.30. The molecular formula is C7H16ClNO4S. The number of ether oxygens (including phenoxy) is 1. The zero-order valence-corrected chi connectivity index (χ0v) is 9.68. The van der Waals surface area contributed by atoms with Gasteiger partial charge in [-0.25, -0.2) is 0 Å². The summed E-state index contributed by atoms with van der Waals surface area (Å²) < 4.78 is 28.6. The quantitative estimate of drug-likeness (QED) is 0.722. The van der Waals surface area contributed by atoms with Crippen LogP contribution in [0.5, 0.6) is 0 Å². The number of hydrogen-bond donors (Lipinski definition) is 1. The molecule has 0 aromatic carbocycles. The first-order chi connectivity index (χ1) is 6.18. The van der Waals surface area contributed by atoms with Crippen molar-refractivity contribution < 1.29 is 17.7 Å². The largest absolute Gasteiger partial charge is 0.379 e. The second-order valence-electron chi connectivity index (χ2n) is 3.04. The van der Waals surface area contributed by atoms with E-state index in [0.29, 0.717) is 6.54 Å². The van der Waals surface area contributed by atoms with Crippen molar-refractivity contribution in [3.63, 3.8) is 0 Å². The number of nitrogens with zero attached hydrogens (tertiary/aromatic N) is 1. The van der Waals surface area contributed by atoms with Crippen molar-refractivity contribution in [3.8, 4) is 0 Å². The van der Waals surface area contributed by atoms with Crippen molar-refractivity contribution in [2.75, 3.05) is 32.8 Å². The van der Waals surface area contributed by atoms with E-state index in [0.717, 1.165) is 26.3 Å². The lowest BCUT2D eigenvalue weighted by Gasteiger charge is -2.28. The lowest BCUT2D eigenvalue weighted by Crippen LogP contribution is -2.40. The van der Waals surface area contributed by atoms with Gasteiger partial charge in [-0.1, -0.05) is 0 Å². The van der Waals surface area contributed by atoms with Crippen LogP contribution in [0, 0.1) is 0 Å². The maximum absolute atomic E-state index is 10.3. The summed E-state index contributed by atoms with van der Waals surface area (Å²) in [6.07, 6.45) is -0.219. The first kappa shape index (κ1) is 14.3. The van der Waals surface area contributed by atoms with Gasteiger partial charge in [0.05, 0.1) is 19.3 Å². The second kappa shape index (κ2) is 7.56. The fourth-order valence-electron chi connectivity index (χ4n) is 1.32. The summed E-state index contributed by atoms with van der Waals surface area (Å²) in [4.78, 5) is 2.15. The Morgan fingerprint density at radius 3 is 2.64 bits per heavy atom. The molecule has 1 aliphatic rings. The van der Waals surface area contributed by atoms with E-state index < -0.39 is 11.4 Å².